The number of hydrogen-bond acceptors (Lipinski definition) is 2. The summed E-state index contributed by atoms with van der Waals surface area (Å²) >= 11 is 17.9. The van der Waals surface area contributed by atoms with Gasteiger partial charge in [-0.2, -0.15) is 0 Å². The normalized spacial score (nSPS) is 10.3. The Bertz CT molecular complexity index is 564. The molecule has 0 aliphatic rings. The standard InChI is InChI=1S/C12H6Cl3NO/c13-8-2-1-3-9(14)12(8)11-4-7(6-17)10(15)5-16-11/h1-6H. The minimum Gasteiger partial charge on any atom is -0.298 e. The van der Waals surface area contributed by atoms with Gasteiger partial charge in [-0.05, 0) is 18.2 Å². The Morgan fingerprint density at radius 3 is 2.29 bits per heavy atom. The van der Waals surface area contributed by atoms with Gasteiger partial charge in [-0.1, -0.05) is 40.9 Å². The zero-order valence-corrected chi connectivity index (χ0v) is 10.7. The molecule has 0 bridgehead atoms. The molecule has 0 saturated heterocycles. The fraction of sp³-hybridized carbons (Fsp3) is 0. The van der Waals surface area contributed by atoms with E-state index >= 15 is 0 Å². The van der Waals surface area contributed by atoms with Crippen LogP contribution in [0.15, 0.2) is 30.5 Å². The number of nitrogens with zero attached hydrogens (tertiary/aromatic N) is 1. The highest BCUT2D eigenvalue weighted by Gasteiger charge is 2.11. The fourth-order valence-electron chi connectivity index (χ4n) is 1.42. The molecule has 5 heteroatoms. The Labute approximate surface area is 113 Å². The smallest absolute Gasteiger partial charge is 0.151 e. The van der Waals surface area contributed by atoms with Crippen LogP contribution in [-0.2, 0) is 0 Å². The van der Waals surface area contributed by atoms with Gasteiger partial charge in [0.25, 0.3) is 0 Å². The van der Waals surface area contributed by atoms with Crippen LogP contribution in [-0.4, -0.2) is 11.3 Å². The van der Waals surface area contributed by atoms with Crippen LogP contribution in [0, 0.1) is 0 Å². The lowest BCUT2D eigenvalue weighted by molar-refractivity contribution is 0.112. The summed E-state index contributed by atoms with van der Waals surface area (Å²) in [4.78, 5) is 14.9. The Morgan fingerprint density at radius 2 is 1.71 bits per heavy atom. The van der Waals surface area contributed by atoms with Crippen molar-refractivity contribution < 1.29 is 4.79 Å². The Balaban J connectivity index is 2.65. The highest BCUT2D eigenvalue weighted by atomic mass is 35.5. The van der Waals surface area contributed by atoms with E-state index in [1.807, 2.05) is 0 Å². The van der Waals surface area contributed by atoms with Crippen LogP contribution in [0.4, 0.5) is 0 Å². The Kier molecular flexibility index (Phi) is 3.67. The van der Waals surface area contributed by atoms with E-state index in [1.165, 1.54) is 6.20 Å². The van der Waals surface area contributed by atoms with E-state index in [0.717, 1.165) is 0 Å². The molecule has 0 aliphatic carbocycles. The average Bonchev–Trinajstić information content (AvgIpc) is 2.31. The van der Waals surface area contributed by atoms with E-state index in [0.29, 0.717) is 38.2 Å². The number of carbonyl (C=O) groups is 1. The van der Waals surface area contributed by atoms with Gasteiger partial charge in [0.15, 0.2) is 6.29 Å². The van der Waals surface area contributed by atoms with Crippen molar-refractivity contribution in [2.24, 2.45) is 0 Å². The van der Waals surface area contributed by atoms with Gasteiger partial charge < -0.3 is 0 Å². The number of carbonyl (C=O) groups excluding carboxylic acids is 1. The van der Waals surface area contributed by atoms with Crippen molar-refractivity contribution in [3.05, 3.63) is 51.1 Å². The minimum absolute atomic E-state index is 0.298. The number of rotatable bonds is 2. The first-order chi connectivity index (χ1) is 8.13. The predicted octanol–water partition coefficient (Wildman–Crippen LogP) is 4.52. The first kappa shape index (κ1) is 12.4. The molecule has 86 valence electrons. The Hall–Kier alpha value is -1.09. The molecule has 0 spiro atoms. The number of pyridine rings is 1. The average molecular weight is 287 g/mol. The van der Waals surface area contributed by atoms with Crippen molar-refractivity contribution in [1.82, 2.24) is 4.98 Å². The number of benzene rings is 1. The maximum Gasteiger partial charge on any atom is 0.151 e. The zero-order valence-electron chi connectivity index (χ0n) is 8.45. The van der Waals surface area contributed by atoms with Crippen LogP contribution < -0.4 is 0 Å². The highest BCUT2D eigenvalue weighted by Crippen LogP contribution is 2.34. The summed E-state index contributed by atoms with van der Waals surface area (Å²) in [6, 6.07) is 6.71. The van der Waals surface area contributed by atoms with Crippen molar-refractivity contribution in [3.63, 3.8) is 0 Å². The van der Waals surface area contributed by atoms with Crippen LogP contribution in [0.1, 0.15) is 10.4 Å². The van der Waals surface area contributed by atoms with Crippen LogP contribution in [0.2, 0.25) is 15.1 Å². The topological polar surface area (TPSA) is 30.0 Å². The minimum atomic E-state index is 0.298. The van der Waals surface area contributed by atoms with E-state index in [1.54, 1.807) is 24.3 Å². The first-order valence-corrected chi connectivity index (χ1v) is 5.82. The van der Waals surface area contributed by atoms with Gasteiger partial charge in [-0.15, -0.1) is 0 Å². The monoisotopic (exact) mass is 285 g/mol. The summed E-state index contributed by atoms with van der Waals surface area (Å²) in [6.45, 7) is 0. The molecule has 2 aromatic rings. The lowest BCUT2D eigenvalue weighted by atomic mass is 10.1. The molecule has 0 saturated carbocycles. The Morgan fingerprint density at radius 1 is 1.06 bits per heavy atom. The third kappa shape index (κ3) is 2.44. The third-order valence-electron chi connectivity index (χ3n) is 2.23. The molecule has 0 fully saturated rings. The van der Waals surface area contributed by atoms with Gasteiger partial charge in [0.1, 0.15) is 0 Å². The van der Waals surface area contributed by atoms with Crippen molar-refractivity contribution in [2.75, 3.05) is 0 Å². The van der Waals surface area contributed by atoms with Crippen LogP contribution in [0.25, 0.3) is 11.3 Å². The first-order valence-electron chi connectivity index (χ1n) is 4.68. The van der Waals surface area contributed by atoms with Crippen LogP contribution in [0.5, 0.6) is 0 Å². The highest BCUT2D eigenvalue weighted by molar-refractivity contribution is 6.39. The third-order valence-corrected chi connectivity index (χ3v) is 3.18. The molecule has 1 heterocycles. The molecule has 2 nitrogen and oxygen atoms in total. The van der Waals surface area contributed by atoms with E-state index in [4.69, 9.17) is 34.8 Å². The van der Waals surface area contributed by atoms with E-state index in [2.05, 4.69) is 4.98 Å². The molecular formula is C12H6Cl3NO. The molecular weight excluding hydrogens is 280 g/mol. The van der Waals surface area contributed by atoms with Crippen molar-refractivity contribution >= 4 is 41.1 Å². The van der Waals surface area contributed by atoms with Gasteiger partial charge in [0.2, 0.25) is 0 Å². The second-order valence-electron chi connectivity index (χ2n) is 3.31. The summed E-state index contributed by atoms with van der Waals surface area (Å²) in [5.41, 5.74) is 1.47. The van der Waals surface area contributed by atoms with Crippen LogP contribution in [0.3, 0.4) is 0 Å². The second-order valence-corrected chi connectivity index (χ2v) is 4.53. The number of hydrogen-bond donors (Lipinski definition) is 0. The SMILES string of the molecule is O=Cc1cc(-c2c(Cl)cccc2Cl)ncc1Cl. The summed E-state index contributed by atoms with van der Waals surface area (Å²) in [5.74, 6) is 0. The summed E-state index contributed by atoms with van der Waals surface area (Å²) in [7, 11) is 0. The van der Waals surface area contributed by atoms with Gasteiger partial charge in [-0.3, -0.25) is 9.78 Å². The molecule has 0 N–H and O–H groups in total. The van der Waals surface area contributed by atoms with Crippen LogP contribution >= 0.6 is 34.8 Å². The summed E-state index contributed by atoms with van der Waals surface area (Å²) in [5, 5.41) is 1.25. The van der Waals surface area contributed by atoms with E-state index in [9.17, 15) is 4.79 Å². The summed E-state index contributed by atoms with van der Waals surface area (Å²) < 4.78 is 0. The molecule has 0 radical (unpaired) electrons. The molecule has 1 aromatic heterocycles. The lowest BCUT2D eigenvalue weighted by Gasteiger charge is -2.07. The number of halogens is 3. The predicted molar refractivity (Wildman–Crippen MR) is 70.1 cm³/mol. The fourth-order valence-corrected chi connectivity index (χ4v) is 2.16. The van der Waals surface area contributed by atoms with E-state index in [-0.39, 0.29) is 0 Å². The molecule has 0 atom stereocenters. The summed E-state index contributed by atoms with van der Waals surface area (Å²) in [6.07, 6.45) is 2.07. The zero-order chi connectivity index (χ0) is 12.4. The van der Waals surface area contributed by atoms with E-state index < -0.39 is 0 Å². The maximum atomic E-state index is 10.8. The molecule has 0 aliphatic heterocycles. The van der Waals surface area contributed by atoms with Gasteiger partial charge in [0, 0.05) is 17.3 Å². The lowest BCUT2D eigenvalue weighted by Crippen LogP contribution is -1.90. The van der Waals surface area contributed by atoms with Gasteiger partial charge in [-0.25, -0.2) is 0 Å². The van der Waals surface area contributed by atoms with Crippen molar-refractivity contribution in [3.8, 4) is 11.3 Å². The second kappa shape index (κ2) is 5.05. The van der Waals surface area contributed by atoms with Gasteiger partial charge in [0.05, 0.1) is 20.8 Å². The number of aldehydes is 1. The molecule has 0 unspecified atom stereocenters. The van der Waals surface area contributed by atoms with Gasteiger partial charge >= 0.3 is 0 Å². The van der Waals surface area contributed by atoms with Crippen molar-refractivity contribution in [2.45, 2.75) is 0 Å². The molecule has 1 aromatic carbocycles. The van der Waals surface area contributed by atoms with Crippen molar-refractivity contribution in [1.29, 1.82) is 0 Å². The molecule has 0 amide bonds. The largest absolute Gasteiger partial charge is 0.298 e. The molecule has 2 rings (SSSR count). The quantitative estimate of drug-likeness (QED) is 0.760. The number of aromatic nitrogens is 1. The molecule has 17 heavy (non-hydrogen) atoms. The maximum absolute atomic E-state index is 10.8.